The summed E-state index contributed by atoms with van der Waals surface area (Å²) in [7, 11) is 0. The number of anilines is 2. The summed E-state index contributed by atoms with van der Waals surface area (Å²) in [5.41, 5.74) is 6.61. The van der Waals surface area contributed by atoms with Gasteiger partial charge in [0, 0.05) is 22.1 Å². The summed E-state index contributed by atoms with van der Waals surface area (Å²) >= 11 is 3.48. The molecule has 3 nitrogen and oxygen atoms in total. The Hall–Kier alpha value is -2.24. The molecule has 0 spiro atoms. The summed E-state index contributed by atoms with van der Waals surface area (Å²) in [5.74, 6) is 0. The van der Waals surface area contributed by atoms with Gasteiger partial charge in [0.05, 0.1) is 21.4 Å². The van der Waals surface area contributed by atoms with E-state index in [0.29, 0.717) is 0 Å². The third-order valence-corrected chi connectivity index (χ3v) is 6.83. The van der Waals surface area contributed by atoms with Crippen molar-refractivity contribution in [1.29, 1.82) is 0 Å². The zero-order valence-corrected chi connectivity index (χ0v) is 16.0. The Kier molecular flexibility index (Phi) is 4.19. The Morgan fingerprint density at radius 2 is 2.00 bits per heavy atom. The monoisotopic (exact) mass is 377 g/mol. The molecular weight excluding hydrogens is 358 g/mol. The molecular formula is C21H19N3S2. The highest BCUT2D eigenvalue weighted by atomic mass is 32.1. The Morgan fingerprint density at radius 3 is 3.00 bits per heavy atom. The smallest absolute Gasteiger partial charge is 0.125 e. The van der Waals surface area contributed by atoms with Crippen LogP contribution in [-0.4, -0.2) is 9.97 Å². The molecule has 130 valence electrons. The highest BCUT2D eigenvalue weighted by Gasteiger charge is 2.12. The van der Waals surface area contributed by atoms with E-state index in [-0.39, 0.29) is 0 Å². The quantitative estimate of drug-likeness (QED) is 0.418. The van der Waals surface area contributed by atoms with Crippen LogP contribution in [0.1, 0.15) is 37.0 Å². The number of allylic oxidation sites excluding steroid dienone is 2. The topological polar surface area (TPSA) is 37.8 Å². The number of nitrogens with zero attached hydrogens (tertiary/aromatic N) is 2. The van der Waals surface area contributed by atoms with E-state index in [1.807, 2.05) is 23.0 Å². The van der Waals surface area contributed by atoms with E-state index in [9.17, 15) is 0 Å². The van der Waals surface area contributed by atoms with Gasteiger partial charge < -0.3 is 5.32 Å². The molecule has 0 atom stereocenters. The van der Waals surface area contributed by atoms with Crippen molar-refractivity contribution in [3.8, 4) is 0 Å². The predicted octanol–water partition coefficient (Wildman–Crippen LogP) is 7.00. The molecule has 1 aliphatic rings. The molecule has 1 aromatic carbocycles. The second kappa shape index (κ2) is 6.82. The van der Waals surface area contributed by atoms with Crippen molar-refractivity contribution >= 4 is 60.1 Å². The van der Waals surface area contributed by atoms with Crippen molar-refractivity contribution in [2.75, 3.05) is 5.32 Å². The number of hydrogen-bond acceptors (Lipinski definition) is 5. The lowest BCUT2D eigenvalue weighted by molar-refractivity contribution is 0.720. The maximum absolute atomic E-state index is 4.60. The van der Waals surface area contributed by atoms with E-state index in [1.165, 1.54) is 52.6 Å². The van der Waals surface area contributed by atoms with Crippen LogP contribution in [0, 0.1) is 0 Å². The number of thiophene rings is 1. The van der Waals surface area contributed by atoms with Gasteiger partial charge in [0.2, 0.25) is 0 Å². The van der Waals surface area contributed by atoms with Gasteiger partial charge in [-0.15, -0.1) is 22.7 Å². The van der Waals surface area contributed by atoms with E-state index < -0.39 is 0 Å². The summed E-state index contributed by atoms with van der Waals surface area (Å²) in [5, 5.41) is 4.77. The molecule has 0 aliphatic heterocycles. The van der Waals surface area contributed by atoms with Gasteiger partial charge in [-0.2, -0.15) is 0 Å². The third-order valence-electron chi connectivity index (χ3n) is 4.90. The van der Waals surface area contributed by atoms with Crippen molar-refractivity contribution in [2.24, 2.45) is 0 Å². The second-order valence-corrected chi connectivity index (χ2v) is 8.59. The van der Waals surface area contributed by atoms with Gasteiger partial charge in [-0.25, -0.2) is 9.97 Å². The average molecular weight is 378 g/mol. The molecule has 1 N–H and O–H groups in total. The Balaban J connectivity index is 1.52. The average Bonchev–Trinajstić information content (AvgIpc) is 3.21. The molecule has 0 amide bonds. The van der Waals surface area contributed by atoms with Crippen LogP contribution in [0.5, 0.6) is 0 Å². The lowest BCUT2D eigenvalue weighted by atomic mass is 10.1. The van der Waals surface area contributed by atoms with Crippen LogP contribution in [0.3, 0.4) is 0 Å². The lowest BCUT2D eigenvalue weighted by Crippen LogP contribution is -1.91. The minimum atomic E-state index is 1.04. The number of thiazole rings is 1. The molecule has 0 bridgehead atoms. The van der Waals surface area contributed by atoms with Gasteiger partial charge in [-0.3, -0.25) is 0 Å². The molecule has 1 aliphatic carbocycles. The Bertz CT molecular complexity index is 1110. The largest absolute Gasteiger partial charge is 0.355 e. The van der Waals surface area contributed by atoms with Gasteiger partial charge >= 0.3 is 0 Å². The standard InChI is InChI=1S/C21H19N3S2/c1-2-4-6-14(5-3-1)20-12-16-17(9-10-22-21(16)26-20)24-15-7-8-19-18(11-15)23-13-25-19/h5,7-13H,1-4,6H2,(H,22,24). The molecule has 0 unspecified atom stereocenters. The van der Waals surface area contributed by atoms with Crippen molar-refractivity contribution < 1.29 is 0 Å². The van der Waals surface area contributed by atoms with Crippen molar-refractivity contribution in [2.45, 2.75) is 32.1 Å². The molecule has 26 heavy (non-hydrogen) atoms. The molecule has 0 saturated carbocycles. The Morgan fingerprint density at radius 1 is 1.00 bits per heavy atom. The van der Waals surface area contributed by atoms with E-state index in [4.69, 9.17) is 0 Å². The predicted molar refractivity (Wildman–Crippen MR) is 114 cm³/mol. The fourth-order valence-electron chi connectivity index (χ4n) is 3.54. The fourth-order valence-corrected chi connectivity index (χ4v) is 5.29. The number of aromatic nitrogens is 2. The lowest BCUT2D eigenvalue weighted by Gasteiger charge is -2.07. The van der Waals surface area contributed by atoms with Gasteiger partial charge in [-0.05, 0) is 61.6 Å². The number of fused-ring (bicyclic) bond motifs is 2. The van der Waals surface area contributed by atoms with E-state index in [2.05, 4.69) is 51.7 Å². The number of benzene rings is 1. The molecule has 0 radical (unpaired) electrons. The van der Waals surface area contributed by atoms with Crippen LogP contribution in [-0.2, 0) is 0 Å². The van der Waals surface area contributed by atoms with Gasteiger partial charge in [0.1, 0.15) is 4.83 Å². The second-order valence-electron chi connectivity index (χ2n) is 6.68. The summed E-state index contributed by atoms with van der Waals surface area (Å²) < 4.78 is 1.22. The number of hydrogen-bond donors (Lipinski definition) is 1. The van der Waals surface area contributed by atoms with Crippen LogP contribution in [0.25, 0.3) is 26.0 Å². The number of pyridine rings is 1. The molecule has 5 rings (SSSR count). The first kappa shape index (κ1) is 16.0. The van der Waals surface area contributed by atoms with Crippen molar-refractivity contribution in [3.63, 3.8) is 0 Å². The van der Waals surface area contributed by atoms with Crippen LogP contribution in [0.15, 0.2) is 48.1 Å². The minimum Gasteiger partial charge on any atom is -0.355 e. The molecule has 3 heterocycles. The third kappa shape index (κ3) is 3.02. The van der Waals surface area contributed by atoms with Crippen LogP contribution < -0.4 is 5.32 Å². The zero-order valence-electron chi connectivity index (χ0n) is 14.4. The van der Waals surface area contributed by atoms with E-state index in [0.717, 1.165) is 21.7 Å². The van der Waals surface area contributed by atoms with Gasteiger partial charge in [-0.1, -0.05) is 12.5 Å². The summed E-state index contributed by atoms with van der Waals surface area (Å²) in [6.07, 6.45) is 10.7. The normalized spacial score (nSPS) is 15.2. The SMILES string of the molecule is C1=C(c2cc3c(Nc4ccc5scnc5c4)ccnc3s2)CCCCC1. The highest BCUT2D eigenvalue weighted by Crippen LogP contribution is 2.37. The molecule has 5 heteroatoms. The van der Waals surface area contributed by atoms with Crippen LogP contribution in [0.2, 0.25) is 0 Å². The first-order valence-corrected chi connectivity index (χ1v) is 10.7. The van der Waals surface area contributed by atoms with E-state index >= 15 is 0 Å². The van der Waals surface area contributed by atoms with Crippen molar-refractivity contribution in [3.05, 3.63) is 53.0 Å². The molecule has 3 aromatic heterocycles. The van der Waals surface area contributed by atoms with E-state index in [1.54, 1.807) is 11.3 Å². The number of rotatable bonds is 3. The first-order chi connectivity index (χ1) is 12.9. The molecule has 0 saturated heterocycles. The zero-order chi connectivity index (χ0) is 17.3. The van der Waals surface area contributed by atoms with Gasteiger partial charge in [0.15, 0.2) is 0 Å². The minimum absolute atomic E-state index is 1.04. The maximum atomic E-state index is 4.60. The Labute approximate surface area is 160 Å². The maximum Gasteiger partial charge on any atom is 0.125 e. The summed E-state index contributed by atoms with van der Waals surface area (Å²) in [6, 6.07) is 10.7. The molecule has 0 fully saturated rings. The summed E-state index contributed by atoms with van der Waals surface area (Å²) in [6.45, 7) is 0. The van der Waals surface area contributed by atoms with Crippen molar-refractivity contribution in [1.82, 2.24) is 9.97 Å². The van der Waals surface area contributed by atoms with Crippen LogP contribution in [0.4, 0.5) is 11.4 Å². The first-order valence-electron chi connectivity index (χ1n) is 9.05. The van der Waals surface area contributed by atoms with Crippen LogP contribution >= 0.6 is 22.7 Å². The van der Waals surface area contributed by atoms with Gasteiger partial charge in [0.25, 0.3) is 0 Å². The fraction of sp³-hybridized carbons (Fsp3) is 0.238. The highest BCUT2D eigenvalue weighted by molar-refractivity contribution is 7.19. The number of nitrogens with one attached hydrogen (secondary N) is 1. The molecule has 4 aromatic rings. The summed E-state index contributed by atoms with van der Waals surface area (Å²) in [4.78, 5) is 11.5.